The Hall–Kier alpha value is -2.05. The Kier molecular flexibility index (Phi) is 5.30. The topological polar surface area (TPSA) is 54.9 Å². The molecule has 0 aliphatic carbocycles. The zero-order chi connectivity index (χ0) is 18.0. The Bertz CT molecular complexity index is 911. The molecule has 0 aliphatic heterocycles. The molecule has 0 saturated carbocycles. The Morgan fingerprint density at radius 3 is 2.72 bits per heavy atom. The van der Waals surface area contributed by atoms with Crippen molar-refractivity contribution in [3.8, 4) is 11.3 Å². The zero-order valence-electron chi connectivity index (χ0n) is 14.8. The summed E-state index contributed by atoms with van der Waals surface area (Å²) in [7, 11) is 0. The van der Waals surface area contributed by atoms with Crippen molar-refractivity contribution >= 4 is 33.7 Å². The summed E-state index contributed by atoms with van der Waals surface area (Å²) < 4.78 is 0. The van der Waals surface area contributed by atoms with Gasteiger partial charge in [-0.05, 0) is 39.2 Å². The second-order valence-corrected chi connectivity index (χ2v) is 8.02. The van der Waals surface area contributed by atoms with E-state index in [4.69, 9.17) is 0 Å². The molecule has 130 valence electrons. The molecule has 0 atom stereocenters. The van der Waals surface area contributed by atoms with E-state index in [0.29, 0.717) is 10.0 Å². The van der Waals surface area contributed by atoms with Gasteiger partial charge >= 0.3 is 0 Å². The highest BCUT2D eigenvalue weighted by atomic mass is 32.1. The standard InChI is InChI=1S/C19H21N3OS2/c1-5-6-16-20-13(4)17(25-16)18(23)22-19-21-15(10-24-19)14-8-7-11(2)9-12(14)3/h7-10H,5-6H2,1-4H3,(H,21,22,23). The fourth-order valence-electron chi connectivity index (χ4n) is 2.69. The van der Waals surface area contributed by atoms with Crippen LogP contribution < -0.4 is 5.32 Å². The molecule has 0 fully saturated rings. The minimum absolute atomic E-state index is 0.126. The lowest BCUT2D eigenvalue weighted by atomic mass is 10.0. The number of hydrogen-bond donors (Lipinski definition) is 1. The molecule has 1 amide bonds. The first-order valence-corrected chi connectivity index (χ1v) is 9.98. The Balaban J connectivity index is 1.78. The fourth-order valence-corrected chi connectivity index (χ4v) is 4.46. The van der Waals surface area contributed by atoms with E-state index < -0.39 is 0 Å². The molecule has 0 radical (unpaired) electrons. The number of hydrogen-bond acceptors (Lipinski definition) is 5. The third kappa shape index (κ3) is 3.96. The molecular formula is C19H21N3OS2. The van der Waals surface area contributed by atoms with E-state index >= 15 is 0 Å². The van der Waals surface area contributed by atoms with Crippen LogP contribution in [0.2, 0.25) is 0 Å². The van der Waals surface area contributed by atoms with Crippen LogP contribution >= 0.6 is 22.7 Å². The molecule has 3 rings (SSSR count). The summed E-state index contributed by atoms with van der Waals surface area (Å²) in [5.74, 6) is -0.126. The van der Waals surface area contributed by atoms with Crippen LogP contribution in [-0.4, -0.2) is 15.9 Å². The SMILES string of the molecule is CCCc1nc(C)c(C(=O)Nc2nc(-c3ccc(C)cc3C)cs2)s1. The molecule has 1 N–H and O–H groups in total. The largest absolute Gasteiger partial charge is 0.297 e. The number of nitrogens with zero attached hydrogens (tertiary/aromatic N) is 2. The number of aromatic nitrogens is 2. The van der Waals surface area contributed by atoms with E-state index in [-0.39, 0.29) is 5.91 Å². The lowest BCUT2D eigenvalue weighted by molar-refractivity contribution is 0.103. The van der Waals surface area contributed by atoms with Gasteiger partial charge < -0.3 is 0 Å². The molecule has 25 heavy (non-hydrogen) atoms. The maximum absolute atomic E-state index is 12.5. The van der Waals surface area contributed by atoms with E-state index in [1.807, 2.05) is 12.3 Å². The monoisotopic (exact) mass is 371 g/mol. The molecule has 0 spiro atoms. The summed E-state index contributed by atoms with van der Waals surface area (Å²) in [4.78, 5) is 22.3. The van der Waals surface area contributed by atoms with Crippen LogP contribution in [0, 0.1) is 20.8 Å². The van der Waals surface area contributed by atoms with Gasteiger partial charge in [-0.3, -0.25) is 10.1 Å². The van der Waals surface area contributed by atoms with Crippen molar-refractivity contribution in [3.63, 3.8) is 0 Å². The van der Waals surface area contributed by atoms with Gasteiger partial charge in [0.15, 0.2) is 5.13 Å². The number of benzene rings is 1. The van der Waals surface area contributed by atoms with E-state index in [1.165, 1.54) is 33.8 Å². The summed E-state index contributed by atoms with van der Waals surface area (Å²) in [6, 6.07) is 6.30. The Morgan fingerprint density at radius 1 is 1.20 bits per heavy atom. The molecular weight excluding hydrogens is 350 g/mol. The molecule has 2 heterocycles. The lowest BCUT2D eigenvalue weighted by Crippen LogP contribution is -2.11. The van der Waals surface area contributed by atoms with Crippen LogP contribution in [0.3, 0.4) is 0 Å². The van der Waals surface area contributed by atoms with Crippen molar-refractivity contribution in [2.24, 2.45) is 0 Å². The Morgan fingerprint density at radius 2 is 2.00 bits per heavy atom. The number of anilines is 1. The van der Waals surface area contributed by atoms with Crippen molar-refractivity contribution in [1.29, 1.82) is 0 Å². The molecule has 3 aromatic rings. The van der Waals surface area contributed by atoms with Gasteiger partial charge in [-0.1, -0.05) is 30.7 Å². The van der Waals surface area contributed by atoms with Gasteiger partial charge in [-0.15, -0.1) is 22.7 Å². The minimum Gasteiger partial charge on any atom is -0.297 e. The van der Waals surface area contributed by atoms with Crippen molar-refractivity contribution in [3.05, 3.63) is 50.3 Å². The molecule has 0 bridgehead atoms. The Labute approximate surface area is 156 Å². The first-order chi connectivity index (χ1) is 12.0. The zero-order valence-corrected chi connectivity index (χ0v) is 16.5. The van der Waals surface area contributed by atoms with Crippen LogP contribution in [0.1, 0.15) is 44.8 Å². The summed E-state index contributed by atoms with van der Waals surface area (Å²) in [6.07, 6.45) is 1.94. The molecule has 2 aromatic heterocycles. The van der Waals surface area contributed by atoms with Crippen molar-refractivity contribution < 1.29 is 4.79 Å². The summed E-state index contributed by atoms with van der Waals surface area (Å²) >= 11 is 2.92. The van der Waals surface area contributed by atoms with Gasteiger partial charge in [0.25, 0.3) is 5.91 Å². The molecule has 1 aromatic carbocycles. The average molecular weight is 372 g/mol. The number of aryl methyl sites for hydroxylation is 4. The number of rotatable bonds is 5. The third-order valence-electron chi connectivity index (χ3n) is 3.89. The second-order valence-electron chi connectivity index (χ2n) is 6.08. The van der Waals surface area contributed by atoms with E-state index in [9.17, 15) is 4.79 Å². The fraction of sp³-hybridized carbons (Fsp3) is 0.316. The van der Waals surface area contributed by atoms with Crippen molar-refractivity contribution in [2.45, 2.75) is 40.5 Å². The summed E-state index contributed by atoms with van der Waals surface area (Å²) in [5.41, 5.74) is 5.20. The predicted molar refractivity (Wildman–Crippen MR) is 106 cm³/mol. The van der Waals surface area contributed by atoms with E-state index in [1.54, 1.807) is 0 Å². The van der Waals surface area contributed by atoms with E-state index in [2.05, 4.69) is 54.3 Å². The summed E-state index contributed by atoms with van der Waals surface area (Å²) in [6.45, 7) is 8.15. The average Bonchev–Trinajstić information content (AvgIpc) is 3.14. The normalized spacial score (nSPS) is 10.9. The van der Waals surface area contributed by atoms with Gasteiger partial charge in [-0.2, -0.15) is 0 Å². The van der Waals surface area contributed by atoms with Crippen LogP contribution in [0.5, 0.6) is 0 Å². The highest BCUT2D eigenvalue weighted by Crippen LogP contribution is 2.29. The first-order valence-electron chi connectivity index (χ1n) is 8.28. The minimum atomic E-state index is -0.126. The highest BCUT2D eigenvalue weighted by molar-refractivity contribution is 7.15. The maximum Gasteiger partial charge on any atom is 0.269 e. The molecule has 0 saturated heterocycles. The van der Waals surface area contributed by atoms with Crippen LogP contribution in [-0.2, 0) is 6.42 Å². The molecule has 6 heteroatoms. The second kappa shape index (κ2) is 7.45. The van der Waals surface area contributed by atoms with Crippen LogP contribution in [0.4, 0.5) is 5.13 Å². The van der Waals surface area contributed by atoms with Gasteiger partial charge in [0, 0.05) is 10.9 Å². The molecule has 0 aliphatic rings. The molecule has 0 unspecified atom stereocenters. The van der Waals surface area contributed by atoms with Gasteiger partial charge in [0.05, 0.1) is 16.4 Å². The lowest BCUT2D eigenvalue weighted by Gasteiger charge is -2.03. The van der Waals surface area contributed by atoms with Gasteiger partial charge in [-0.25, -0.2) is 9.97 Å². The predicted octanol–water partition coefficient (Wildman–Crippen LogP) is 5.40. The third-order valence-corrected chi connectivity index (χ3v) is 5.87. The number of carbonyl (C=O) groups excluding carboxylic acids is 1. The number of thiazole rings is 2. The number of carbonyl (C=O) groups is 1. The van der Waals surface area contributed by atoms with Gasteiger partial charge in [0.2, 0.25) is 0 Å². The van der Waals surface area contributed by atoms with Crippen molar-refractivity contribution in [2.75, 3.05) is 5.32 Å². The first kappa shape index (κ1) is 17.8. The highest BCUT2D eigenvalue weighted by Gasteiger charge is 2.17. The molecule has 4 nitrogen and oxygen atoms in total. The van der Waals surface area contributed by atoms with Crippen LogP contribution in [0.15, 0.2) is 23.6 Å². The van der Waals surface area contributed by atoms with Crippen LogP contribution in [0.25, 0.3) is 11.3 Å². The number of nitrogens with one attached hydrogen (secondary N) is 1. The van der Waals surface area contributed by atoms with Gasteiger partial charge in [0.1, 0.15) is 4.88 Å². The quantitative estimate of drug-likeness (QED) is 0.653. The van der Waals surface area contributed by atoms with Crippen molar-refractivity contribution in [1.82, 2.24) is 9.97 Å². The number of amides is 1. The smallest absolute Gasteiger partial charge is 0.269 e. The summed E-state index contributed by atoms with van der Waals surface area (Å²) in [5, 5.41) is 6.53. The maximum atomic E-state index is 12.5. The van der Waals surface area contributed by atoms with E-state index in [0.717, 1.165) is 34.8 Å².